The van der Waals surface area contributed by atoms with E-state index < -0.39 is 11.9 Å². The lowest BCUT2D eigenvalue weighted by Gasteiger charge is -2.42. The van der Waals surface area contributed by atoms with Crippen LogP contribution in [0.15, 0.2) is 53.7 Å². The molecule has 1 N–H and O–H groups in total. The van der Waals surface area contributed by atoms with Crippen LogP contribution in [0.4, 0.5) is 0 Å². The molecule has 6 heteroatoms. The van der Waals surface area contributed by atoms with E-state index in [1.165, 1.54) is 62.5 Å². The fourth-order valence-electron chi connectivity index (χ4n) is 5.50. The lowest BCUT2D eigenvalue weighted by atomic mass is 9.63. The SMILES string of the molecule is CCCCCCCCCCCCON=C(C(=O)NOC(=O)c1ccccc1)c1ccc2c(c1)C(C)(C)CCC2(C)C. The van der Waals surface area contributed by atoms with E-state index in [9.17, 15) is 9.59 Å². The third kappa shape index (κ3) is 9.72. The highest BCUT2D eigenvalue weighted by atomic mass is 16.7. The van der Waals surface area contributed by atoms with Gasteiger partial charge < -0.3 is 9.68 Å². The summed E-state index contributed by atoms with van der Waals surface area (Å²) in [7, 11) is 0. The van der Waals surface area contributed by atoms with E-state index >= 15 is 0 Å². The monoisotopic (exact) mass is 562 g/mol. The third-order valence-corrected chi connectivity index (χ3v) is 8.33. The number of carbonyl (C=O) groups is 2. The minimum Gasteiger partial charge on any atom is -0.395 e. The van der Waals surface area contributed by atoms with Crippen molar-refractivity contribution in [2.24, 2.45) is 5.16 Å². The predicted octanol–water partition coefficient (Wildman–Crippen LogP) is 8.57. The number of hydrogen-bond donors (Lipinski definition) is 1. The average Bonchev–Trinajstić information content (AvgIpc) is 2.97. The molecule has 0 radical (unpaired) electrons. The minimum absolute atomic E-state index is 0.0287. The van der Waals surface area contributed by atoms with Crippen LogP contribution in [0.3, 0.4) is 0 Å². The summed E-state index contributed by atoms with van der Waals surface area (Å²) >= 11 is 0. The third-order valence-electron chi connectivity index (χ3n) is 8.33. The summed E-state index contributed by atoms with van der Waals surface area (Å²) in [5.41, 5.74) is 5.91. The van der Waals surface area contributed by atoms with Crippen LogP contribution in [0.2, 0.25) is 0 Å². The summed E-state index contributed by atoms with van der Waals surface area (Å²) in [5.74, 6) is -1.26. The van der Waals surface area contributed by atoms with Crippen molar-refractivity contribution in [1.29, 1.82) is 0 Å². The Kier molecular flexibility index (Phi) is 12.4. The van der Waals surface area contributed by atoms with E-state index in [0.29, 0.717) is 17.7 Å². The lowest BCUT2D eigenvalue weighted by Crippen LogP contribution is -2.36. The molecular weight excluding hydrogens is 512 g/mol. The molecule has 224 valence electrons. The van der Waals surface area contributed by atoms with Crippen molar-refractivity contribution in [3.63, 3.8) is 0 Å². The summed E-state index contributed by atoms with van der Waals surface area (Å²) in [4.78, 5) is 36.5. The van der Waals surface area contributed by atoms with Gasteiger partial charge in [-0.25, -0.2) is 4.79 Å². The molecule has 0 saturated heterocycles. The van der Waals surface area contributed by atoms with Crippen LogP contribution < -0.4 is 5.48 Å². The van der Waals surface area contributed by atoms with Crippen molar-refractivity contribution >= 4 is 17.6 Å². The molecule has 0 heterocycles. The zero-order chi connectivity index (χ0) is 29.7. The first-order valence-electron chi connectivity index (χ1n) is 15.6. The first-order chi connectivity index (χ1) is 19.7. The Balaban J connectivity index is 1.65. The van der Waals surface area contributed by atoms with Crippen molar-refractivity contribution in [1.82, 2.24) is 5.48 Å². The molecule has 0 fully saturated rings. The van der Waals surface area contributed by atoms with Gasteiger partial charge in [0.2, 0.25) is 0 Å². The van der Waals surface area contributed by atoms with Gasteiger partial charge in [0.1, 0.15) is 6.61 Å². The maximum atomic E-state index is 13.3. The van der Waals surface area contributed by atoms with E-state index in [-0.39, 0.29) is 16.5 Å². The van der Waals surface area contributed by atoms with Crippen LogP contribution in [0.5, 0.6) is 0 Å². The number of rotatable bonds is 15. The van der Waals surface area contributed by atoms with Gasteiger partial charge in [-0.05, 0) is 65.8 Å². The molecule has 1 aliphatic carbocycles. The largest absolute Gasteiger partial charge is 0.395 e. The Bertz CT molecular complexity index is 1150. The predicted molar refractivity (Wildman–Crippen MR) is 166 cm³/mol. The Hall–Kier alpha value is -3.15. The number of carbonyl (C=O) groups excluding carboxylic acids is 2. The molecule has 0 saturated carbocycles. The summed E-state index contributed by atoms with van der Waals surface area (Å²) in [6.45, 7) is 11.7. The Morgan fingerprint density at radius 3 is 1.98 bits per heavy atom. The Morgan fingerprint density at radius 2 is 1.34 bits per heavy atom. The molecule has 0 spiro atoms. The maximum absolute atomic E-state index is 13.3. The molecule has 2 aromatic carbocycles. The van der Waals surface area contributed by atoms with E-state index in [4.69, 9.17) is 9.68 Å². The molecule has 6 nitrogen and oxygen atoms in total. The molecule has 0 aromatic heterocycles. The molecule has 2 aromatic rings. The number of nitrogens with one attached hydrogen (secondary N) is 1. The standard InChI is InChI=1S/C35H50N2O4/c1-6-7-8-9-10-11-12-13-14-18-25-40-36-31(32(38)37-41-33(39)27-19-16-15-17-20-27)28-21-22-29-30(26-28)35(4,5)24-23-34(29,2)3/h15-17,19-22,26H,6-14,18,23-25H2,1-5H3,(H,37,38). The molecule has 0 atom stereocenters. The summed E-state index contributed by atoms with van der Waals surface area (Å²) < 4.78 is 0. The Morgan fingerprint density at radius 1 is 0.756 bits per heavy atom. The fraction of sp³-hybridized carbons (Fsp3) is 0.571. The molecule has 0 bridgehead atoms. The first kappa shape index (κ1) is 32.4. The number of hydroxylamine groups is 1. The average molecular weight is 563 g/mol. The second-order valence-corrected chi connectivity index (χ2v) is 12.7. The Labute approximate surface area is 247 Å². The van der Waals surface area contributed by atoms with Gasteiger partial charge >= 0.3 is 11.9 Å². The van der Waals surface area contributed by atoms with E-state index in [2.05, 4.69) is 57.4 Å². The molecule has 1 aliphatic rings. The number of oxime groups is 1. The summed E-state index contributed by atoms with van der Waals surface area (Å²) in [6, 6.07) is 14.6. The van der Waals surface area contributed by atoms with Crippen molar-refractivity contribution in [2.45, 2.75) is 122 Å². The number of unbranched alkanes of at least 4 members (excludes halogenated alkanes) is 9. The summed E-state index contributed by atoms with van der Waals surface area (Å²) in [6.07, 6.45) is 14.5. The van der Waals surface area contributed by atoms with Gasteiger partial charge in [-0.2, -0.15) is 5.48 Å². The van der Waals surface area contributed by atoms with Crippen molar-refractivity contribution in [3.05, 3.63) is 70.8 Å². The van der Waals surface area contributed by atoms with Crippen LogP contribution in [-0.4, -0.2) is 24.2 Å². The number of amides is 1. The molecule has 0 unspecified atom stereocenters. The van der Waals surface area contributed by atoms with Crippen molar-refractivity contribution < 1.29 is 19.3 Å². The van der Waals surface area contributed by atoms with Crippen LogP contribution in [0.1, 0.15) is 139 Å². The number of benzene rings is 2. The van der Waals surface area contributed by atoms with E-state index in [0.717, 1.165) is 25.7 Å². The van der Waals surface area contributed by atoms with Gasteiger partial charge in [-0.15, -0.1) is 0 Å². The topological polar surface area (TPSA) is 77.0 Å². The highest BCUT2D eigenvalue weighted by Gasteiger charge is 2.37. The normalized spacial score (nSPS) is 15.6. The zero-order valence-electron chi connectivity index (χ0n) is 25.9. The van der Waals surface area contributed by atoms with E-state index in [1.54, 1.807) is 24.3 Å². The molecule has 1 amide bonds. The van der Waals surface area contributed by atoms with Crippen LogP contribution in [0.25, 0.3) is 0 Å². The highest BCUT2D eigenvalue weighted by molar-refractivity contribution is 6.45. The van der Waals surface area contributed by atoms with Gasteiger partial charge in [-0.3, -0.25) is 4.79 Å². The van der Waals surface area contributed by atoms with Crippen LogP contribution >= 0.6 is 0 Å². The van der Waals surface area contributed by atoms with Crippen molar-refractivity contribution in [2.75, 3.05) is 6.61 Å². The second-order valence-electron chi connectivity index (χ2n) is 12.7. The van der Waals surface area contributed by atoms with Gasteiger partial charge in [0.05, 0.1) is 5.56 Å². The zero-order valence-corrected chi connectivity index (χ0v) is 25.9. The first-order valence-corrected chi connectivity index (χ1v) is 15.6. The number of fused-ring (bicyclic) bond motifs is 1. The number of hydrogen-bond acceptors (Lipinski definition) is 5. The quantitative estimate of drug-likeness (QED) is 0.134. The maximum Gasteiger partial charge on any atom is 0.362 e. The second kappa shape index (κ2) is 15.7. The molecule has 41 heavy (non-hydrogen) atoms. The molecule has 0 aliphatic heterocycles. The van der Waals surface area contributed by atoms with Gasteiger partial charge in [0.15, 0.2) is 5.71 Å². The van der Waals surface area contributed by atoms with Crippen LogP contribution in [-0.2, 0) is 25.3 Å². The smallest absolute Gasteiger partial charge is 0.362 e. The number of nitrogens with zero attached hydrogens (tertiary/aromatic N) is 1. The van der Waals surface area contributed by atoms with Gasteiger partial charge in [0, 0.05) is 5.56 Å². The van der Waals surface area contributed by atoms with Gasteiger partial charge in [0.25, 0.3) is 0 Å². The fourth-order valence-corrected chi connectivity index (χ4v) is 5.50. The van der Waals surface area contributed by atoms with Crippen molar-refractivity contribution in [3.8, 4) is 0 Å². The van der Waals surface area contributed by atoms with Crippen LogP contribution in [0, 0.1) is 0 Å². The minimum atomic E-state index is -0.641. The van der Waals surface area contributed by atoms with E-state index in [1.807, 2.05) is 12.1 Å². The van der Waals surface area contributed by atoms with Gasteiger partial charge in [-0.1, -0.05) is 121 Å². The highest BCUT2D eigenvalue weighted by Crippen LogP contribution is 2.46. The molecule has 3 rings (SSSR count). The lowest BCUT2D eigenvalue weighted by molar-refractivity contribution is -0.123. The summed E-state index contributed by atoms with van der Waals surface area (Å²) in [5, 5.41) is 4.27. The molecular formula is C35H50N2O4.